The van der Waals surface area contributed by atoms with Gasteiger partial charge in [-0.05, 0) is 18.2 Å². The van der Waals surface area contributed by atoms with Crippen molar-refractivity contribution in [2.45, 2.75) is 18.6 Å². The fraction of sp³-hybridized carbons (Fsp3) is 0.562. The van der Waals surface area contributed by atoms with Crippen LogP contribution in [0.25, 0.3) is 0 Å². The van der Waals surface area contributed by atoms with Crippen molar-refractivity contribution in [3.8, 4) is 11.5 Å². The molecule has 1 aromatic rings. The summed E-state index contributed by atoms with van der Waals surface area (Å²) in [5.41, 5.74) is 0.599. The van der Waals surface area contributed by atoms with Gasteiger partial charge >= 0.3 is 0 Å². The molecule has 0 saturated carbocycles. The molecule has 1 amide bonds. The van der Waals surface area contributed by atoms with E-state index in [4.69, 9.17) is 18.9 Å². The lowest BCUT2D eigenvalue weighted by Crippen LogP contribution is -2.47. The molecule has 2 heterocycles. The summed E-state index contributed by atoms with van der Waals surface area (Å²) in [5.74, 6) is 0.705. The summed E-state index contributed by atoms with van der Waals surface area (Å²) >= 11 is 0. The van der Waals surface area contributed by atoms with Crippen LogP contribution in [0.15, 0.2) is 18.2 Å². The zero-order valence-corrected chi connectivity index (χ0v) is 13.0. The van der Waals surface area contributed by atoms with E-state index in [2.05, 4.69) is 0 Å². The first-order valence-corrected chi connectivity index (χ1v) is 7.47. The van der Waals surface area contributed by atoms with Crippen molar-refractivity contribution in [1.82, 2.24) is 4.90 Å². The largest absolute Gasteiger partial charge is 0.493 e. The molecular formula is C16H21NO5. The Balaban J connectivity index is 1.69. The summed E-state index contributed by atoms with van der Waals surface area (Å²) in [5, 5.41) is 0. The van der Waals surface area contributed by atoms with Crippen molar-refractivity contribution in [3.05, 3.63) is 23.8 Å². The molecule has 2 aliphatic heterocycles. The predicted molar refractivity (Wildman–Crippen MR) is 79.3 cm³/mol. The number of nitrogens with zero attached hydrogens (tertiary/aromatic N) is 1. The van der Waals surface area contributed by atoms with E-state index >= 15 is 0 Å². The summed E-state index contributed by atoms with van der Waals surface area (Å²) in [6, 6.07) is 5.23. The molecule has 0 unspecified atom stereocenters. The third-order valence-electron chi connectivity index (χ3n) is 4.26. The summed E-state index contributed by atoms with van der Waals surface area (Å²) in [6.07, 6.45) is 1.43. The van der Waals surface area contributed by atoms with Crippen molar-refractivity contribution in [1.29, 1.82) is 0 Å². The minimum atomic E-state index is -0.464. The van der Waals surface area contributed by atoms with E-state index in [0.29, 0.717) is 56.2 Å². The van der Waals surface area contributed by atoms with E-state index < -0.39 is 5.79 Å². The average Bonchev–Trinajstić information content (AvgIpc) is 3.02. The van der Waals surface area contributed by atoms with E-state index in [1.54, 1.807) is 32.4 Å². The predicted octanol–water partition coefficient (Wildman–Crippen LogP) is 1.68. The van der Waals surface area contributed by atoms with Crippen molar-refractivity contribution < 1.29 is 23.7 Å². The van der Waals surface area contributed by atoms with Gasteiger partial charge in [0.2, 0.25) is 0 Å². The van der Waals surface area contributed by atoms with E-state index in [9.17, 15) is 4.79 Å². The molecule has 6 heteroatoms. The van der Waals surface area contributed by atoms with Gasteiger partial charge in [0.25, 0.3) is 5.91 Å². The van der Waals surface area contributed by atoms with Gasteiger partial charge in [-0.2, -0.15) is 0 Å². The standard InChI is InChI=1S/C16H21NO5/c1-19-13-4-3-12(11-14(13)20-2)15(18)17-7-5-16(6-8-17)21-9-10-22-16/h3-4,11H,5-10H2,1-2H3. The minimum Gasteiger partial charge on any atom is -0.493 e. The smallest absolute Gasteiger partial charge is 0.253 e. The number of ether oxygens (including phenoxy) is 4. The number of hydrogen-bond acceptors (Lipinski definition) is 5. The van der Waals surface area contributed by atoms with Crippen LogP contribution in [0.3, 0.4) is 0 Å². The first-order valence-electron chi connectivity index (χ1n) is 7.47. The molecule has 1 spiro atoms. The number of carbonyl (C=O) groups is 1. The quantitative estimate of drug-likeness (QED) is 0.850. The van der Waals surface area contributed by atoms with Crippen molar-refractivity contribution in [3.63, 3.8) is 0 Å². The van der Waals surface area contributed by atoms with Gasteiger partial charge in [0, 0.05) is 31.5 Å². The van der Waals surface area contributed by atoms with E-state index in [-0.39, 0.29) is 5.91 Å². The molecule has 0 radical (unpaired) electrons. The van der Waals surface area contributed by atoms with Crippen LogP contribution in [0.4, 0.5) is 0 Å². The van der Waals surface area contributed by atoms with Crippen LogP contribution in [0.1, 0.15) is 23.2 Å². The zero-order valence-electron chi connectivity index (χ0n) is 13.0. The molecule has 0 N–H and O–H groups in total. The Bertz CT molecular complexity index is 543. The second-order valence-electron chi connectivity index (χ2n) is 5.47. The molecule has 3 rings (SSSR count). The molecule has 2 saturated heterocycles. The molecule has 0 atom stereocenters. The number of likely N-dealkylation sites (tertiary alicyclic amines) is 1. The Morgan fingerprint density at radius 1 is 1.09 bits per heavy atom. The number of piperidine rings is 1. The molecule has 6 nitrogen and oxygen atoms in total. The monoisotopic (exact) mass is 307 g/mol. The highest BCUT2D eigenvalue weighted by Crippen LogP contribution is 2.33. The van der Waals surface area contributed by atoms with E-state index in [0.717, 1.165) is 0 Å². The Morgan fingerprint density at radius 3 is 2.32 bits per heavy atom. The van der Waals surface area contributed by atoms with Crippen LogP contribution in [-0.2, 0) is 9.47 Å². The van der Waals surface area contributed by atoms with Crippen molar-refractivity contribution in [2.24, 2.45) is 0 Å². The topological polar surface area (TPSA) is 57.2 Å². The Morgan fingerprint density at radius 2 is 1.73 bits per heavy atom. The normalized spacial score (nSPS) is 20.2. The fourth-order valence-electron chi connectivity index (χ4n) is 2.99. The number of methoxy groups -OCH3 is 2. The van der Waals surface area contributed by atoms with E-state index in [1.807, 2.05) is 4.90 Å². The van der Waals surface area contributed by atoms with E-state index in [1.165, 1.54) is 0 Å². The number of rotatable bonds is 3. The molecule has 1 aromatic carbocycles. The SMILES string of the molecule is COc1ccc(C(=O)N2CCC3(CC2)OCCO3)cc1OC. The van der Waals surface area contributed by atoms with Crippen LogP contribution >= 0.6 is 0 Å². The first kappa shape index (κ1) is 15.1. The van der Waals surface area contributed by atoms with Crippen LogP contribution in [0.5, 0.6) is 11.5 Å². The Kier molecular flexibility index (Phi) is 4.22. The maximum absolute atomic E-state index is 12.6. The highest BCUT2D eigenvalue weighted by Gasteiger charge is 2.40. The summed E-state index contributed by atoms with van der Waals surface area (Å²) in [4.78, 5) is 14.4. The van der Waals surface area contributed by atoms with Gasteiger partial charge < -0.3 is 23.8 Å². The highest BCUT2D eigenvalue weighted by atomic mass is 16.7. The average molecular weight is 307 g/mol. The highest BCUT2D eigenvalue weighted by molar-refractivity contribution is 5.95. The number of amides is 1. The van der Waals surface area contributed by atoms with Gasteiger partial charge in [-0.15, -0.1) is 0 Å². The minimum absolute atomic E-state index is 0.00574. The second kappa shape index (κ2) is 6.14. The number of benzene rings is 1. The fourth-order valence-corrected chi connectivity index (χ4v) is 2.99. The lowest BCUT2D eigenvalue weighted by atomic mass is 10.0. The maximum atomic E-state index is 12.6. The molecule has 2 fully saturated rings. The second-order valence-corrected chi connectivity index (χ2v) is 5.47. The van der Waals surface area contributed by atoms with Crippen molar-refractivity contribution >= 4 is 5.91 Å². The molecule has 0 aromatic heterocycles. The van der Waals surface area contributed by atoms with Gasteiger partial charge in [-0.3, -0.25) is 4.79 Å². The zero-order chi connectivity index (χ0) is 15.6. The van der Waals surface area contributed by atoms with Crippen LogP contribution in [0, 0.1) is 0 Å². The third kappa shape index (κ3) is 2.76. The molecule has 120 valence electrons. The maximum Gasteiger partial charge on any atom is 0.253 e. The van der Waals surface area contributed by atoms with Gasteiger partial charge in [0.1, 0.15) is 0 Å². The molecular weight excluding hydrogens is 286 g/mol. The summed E-state index contributed by atoms with van der Waals surface area (Å²) in [6.45, 7) is 2.55. The van der Waals surface area contributed by atoms with Gasteiger partial charge in [-0.25, -0.2) is 0 Å². The van der Waals surface area contributed by atoms with Gasteiger partial charge in [0.05, 0.1) is 27.4 Å². The summed E-state index contributed by atoms with van der Waals surface area (Å²) in [7, 11) is 3.14. The Hall–Kier alpha value is -1.79. The lowest BCUT2D eigenvalue weighted by Gasteiger charge is -2.37. The lowest BCUT2D eigenvalue weighted by molar-refractivity contribution is -0.181. The number of carbonyl (C=O) groups excluding carboxylic acids is 1. The molecule has 0 bridgehead atoms. The van der Waals surface area contributed by atoms with Crippen LogP contribution in [-0.4, -0.2) is 57.1 Å². The molecule has 22 heavy (non-hydrogen) atoms. The first-order chi connectivity index (χ1) is 10.7. The van der Waals surface area contributed by atoms with Crippen LogP contribution < -0.4 is 9.47 Å². The number of hydrogen-bond donors (Lipinski definition) is 0. The van der Waals surface area contributed by atoms with Gasteiger partial charge in [0.15, 0.2) is 17.3 Å². The molecule has 0 aliphatic carbocycles. The van der Waals surface area contributed by atoms with Crippen LogP contribution in [0.2, 0.25) is 0 Å². The van der Waals surface area contributed by atoms with Gasteiger partial charge in [-0.1, -0.05) is 0 Å². The summed E-state index contributed by atoms with van der Waals surface area (Å²) < 4.78 is 21.8. The Labute approximate surface area is 129 Å². The third-order valence-corrected chi connectivity index (χ3v) is 4.26. The van der Waals surface area contributed by atoms with Crippen molar-refractivity contribution in [2.75, 3.05) is 40.5 Å². The molecule has 2 aliphatic rings.